The Balaban J connectivity index is 2.50. The maximum atomic E-state index is 10.7. The van der Waals surface area contributed by atoms with Crippen molar-refractivity contribution in [3.05, 3.63) is 47.5 Å². The van der Waals surface area contributed by atoms with Gasteiger partial charge in [-0.2, -0.15) is 0 Å². The summed E-state index contributed by atoms with van der Waals surface area (Å²) in [7, 11) is 0. The summed E-state index contributed by atoms with van der Waals surface area (Å²) in [6, 6.07) is 8.23. The highest BCUT2D eigenvalue weighted by Crippen LogP contribution is 2.08. The molecule has 1 amide bonds. The number of amides is 1. The number of hydrogen-bond acceptors (Lipinski definition) is 1. The molecule has 14 heavy (non-hydrogen) atoms. The van der Waals surface area contributed by atoms with Crippen LogP contribution in [-0.4, -0.2) is 5.91 Å². The van der Waals surface area contributed by atoms with Crippen LogP contribution in [0.25, 0.3) is 0 Å². The lowest BCUT2D eigenvalue weighted by molar-refractivity contribution is -0.114. The Morgan fingerprint density at radius 3 is 2.43 bits per heavy atom. The molecule has 0 atom stereocenters. The SMILES string of the molecule is C=C(CCc1ccc(C)cc1)C(N)=O. The van der Waals surface area contributed by atoms with E-state index in [9.17, 15) is 4.79 Å². The van der Waals surface area contributed by atoms with E-state index < -0.39 is 5.91 Å². The van der Waals surface area contributed by atoms with Crippen molar-refractivity contribution in [1.29, 1.82) is 0 Å². The molecular weight excluding hydrogens is 174 g/mol. The molecule has 0 bridgehead atoms. The summed E-state index contributed by atoms with van der Waals surface area (Å²) in [6.07, 6.45) is 1.46. The minimum atomic E-state index is -0.405. The van der Waals surface area contributed by atoms with Crippen LogP contribution in [0.15, 0.2) is 36.4 Å². The first-order valence-electron chi connectivity index (χ1n) is 4.62. The van der Waals surface area contributed by atoms with Crippen LogP contribution in [0.4, 0.5) is 0 Å². The third kappa shape index (κ3) is 3.05. The summed E-state index contributed by atoms with van der Waals surface area (Å²) in [5, 5.41) is 0. The van der Waals surface area contributed by atoms with Crippen LogP contribution in [0.3, 0.4) is 0 Å². The van der Waals surface area contributed by atoms with E-state index >= 15 is 0 Å². The first kappa shape index (κ1) is 10.5. The fourth-order valence-electron chi connectivity index (χ4n) is 1.17. The minimum Gasteiger partial charge on any atom is -0.366 e. The fraction of sp³-hybridized carbons (Fsp3) is 0.250. The second-order valence-electron chi connectivity index (χ2n) is 3.45. The van der Waals surface area contributed by atoms with E-state index in [1.54, 1.807) is 0 Å². The highest BCUT2D eigenvalue weighted by molar-refractivity contribution is 5.91. The lowest BCUT2D eigenvalue weighted by atomic mass is 10.0. The predicted molar refractivity (Wildman–Crippen MR) is 57.8 cm³/mol. The van der Waals surface area contributed by atoms with Crippen LogP contribution < -0.4 is 5.73 Å². The van der Waals surface area contributed by atoms with Crippen LogP contribution >= 0.6 is 0 Å². The van der Waals surface area contributed by atoms with Gasteiger partial charge in [0.25, 0.3) is 0 Å². The number of aryl methyl sites for hydroxylation is 2. The maximum Gasteiger partial charge on any atom is 0.244 e. The molecule has 0 spiro atoms. The summed E-state index contributed by atoms with van der Waals surface area (Å²) < 4.78 is 0. The lowest BCUT2D eigenvalue weighted by Crippen LogP contribution is -2.13. The molecule has 0 aliphatic heterocycles. The van der Waals surface area contributed by atoms with Gasteiger partial charge in [-0.15, -0.1) is 0 Å². The Kier molecular flexibility index (Phi) is 3.46. The second kappa shape index (κ2) is 4.61. The number of hydrogen-bond donors (Lipinski definition) is 1. The van der Waals surface area contributed by atoms with Crippen molar-refractivity contribution in [2.75, 3.05) is 0 Å². The number of rotatable bonds is 4. The smallest absolute Gasteiger partial charge is 0.244 e. The maximum absolute atomic E-state index is 10.7. The number of nitrogens with two attached hydrogens (primary N) is 1. The molecule has 1 aromatic carbocycles. The summed E-state index contributed by atoms with van der Waals surface area (Å²) in [6.45, 7) is 5.66. The summed E-state index contributed by atoms with van der Waals surface area (Å²) >= 11 is 0. The van der Waals surface area contributed by atoms with E-state index in [-0.39, 0.29) is 0 Å². The number of carbonyl (C=O) groups excluding carboxylic acids is 1. The van der Waals surface area contributed by atoms with Gasteiger partial charge in [0.2, 0.25) is 5.91 Å². The molecule has 74 valence electrons. The van der Waals surface area contributed by atoms with E-state index in [4.69, 9.17) is 5.73 Å². The van der Waals surface area contributed by atoms with Crippen molar-refractivity contribution < 1.29 is 4.79 Å². The molecule has 0 aromatic heterocycles. The average Bonchev–Trinajstić information content (AvgIpc) is 2.16. The Bertz CT molecular complexity index is 338. The number of primary amides is 1. The number of carbonyl (C=O) groups is 1. The fourth-order valence-corrected chi connectivity index (χ4v) is 1.17. The third-order valence-corrected chi connectivity index (χ3v) is 2.18. The highest BCUT2D eigenvalue weighted by Gasteiger charge is 2.01. The van der Waals surface area contributed by atoms with E-state index in [1.807, 2.05) is 6.92 Å². The molecule has 2 heteroatoms. The van der Waals surface area contributed by atoms with Crippen molar-refractivity contribution in [3.8, 4) is 0 Å². The van der Waals surface area contributed by atoms with Crippen LogP contribution in [0.5, 0.6) is 0 Å². The molecule has 0 fully saturated rings. The normalized spacial score (nSPS) is 9.79. The molecule has 1 aromatic rings. The van der Waals surface area contributed by atoms with Crippen molar-refractivity contribution in [3.63, 3.8) is 0 Å². The van der Waals surface area contributed by atoms with Gasteiger partial charge in [0.1, 0.15) is 0 Å². The van der Waals surface area contributed by atoms with Gasteiger partial charge in [0.15, 0.2) is 0 Å². The van der Waals surface area contributed by atoms with E-state index in [2.05, 4.69) is 30.8 Å². The van der Waals surface area contributed by atoms with Crippen LogP contribution in [0, 0.1) is 6.92 Å². The Morgan fingerprint density at radius 1 is 1.36 bits per heavy atom. The molecule has 2 N–H and O–H groups in total. The lowest BCUT2D eigenvalue weighted by Gasteiger charge is -2.02. The van der Waals surface area contributed by atoms with Crippen LogP contribution in [-0.2, 0) is 11.2 Å². The minimum absolute atomic E-state index is 0.405. The molecule has 0 radical (unpaired) electrons. The second-order valence-corrected chi connectivity index (χ2v) is 3.45. The molecule has 0 saturated carbocycles. The zero-order valence-electron chi connectivity index (χ0n) is 8.42. The predicted octanol–water partition coefficient (Wildman–Crippen LogP) is 1.97. The first-order chi connectivity index (χ1) is 6.59. The van der Waals surface area contributed by atoms with Crippen molar-refractivity contribution in [2.24, 2.45) is 5.73 Å². The van der Waals surface area contributed by atoms with Crippen LogP contribution in [0.2, 0.25) is 0 Å². The molecule has 1 rings (SSSR count). The summed E-state index contributed by atoms with van der Waals surface area (Å²) in [5.41, 5.74) is 8.02. The Morgan fingerprint density at radius 2 is 1.93 bits per heavy atom. The zero-order chi connectivity index (χ0) is 10.6. The van der Waals surface area contributed by atoms with Crippen molar-refractivity contribution in [1.82, 2.24) is 0 Å². The van der Waals surface area contributed by atoms with Gasteiger partial charge in [0, 0.05) is 5.57 Å². The van der Waals surface area contributed by atoms with Gasteiger partial charge in [-0.05, 0) is 25.3 Å². The van der Waals surface area contributed by atoms with Gasteiger partial charge >= 0.3 is 0 Å². The molecule has 2 nitrogen and oxygen atoms in total. The van der Waals surface area contributed by atoms with Gasteiger partial charge in [-0.1, -0.05) is 36.4 Å². The quantitative estimate of drug-likeness (QED) is 0.723. The summed E-state index contributed by atoms with van der Waals surface area (Å²) in [4.78, 5) is 10.7. The Labute approximate surface area is 84.4 Å². The molecular formula is C12H15NO. The van der Waals surface area contributed by atoms with Crippen LogP contribution in [0.1, 0.15) is 17.5 Å². The Hall–Kier alpha value is -1.57. The van der Waals surface area contributed by atoms with Gasteiger partial charge in [0.05, 0.1) is 0 Å². The standard InChI is InChI=1S/C12H15NO/c1-9-3-6-11(7-4-9)8-5-10(2)12(13)14/h3-4,6-7H,2,5,8H2,1H3,(H2,13,14). The zero-order valence-corrected chi connectivity index (χ0v) is 8.42. The van der Waals surface area contributed by atoms with Crippen molar-refractivity contribution in [2.45, 2.75) is 19.8 Å². The van der Waals surface area contributed by atoms with E-state index in [0.717, 1.165) is 6.42 Å². The van der Waals surface area contributed by atoms with Gasteiger partial charge in [-0.25, -0.2) is 0 Å². The molecule has 0 unspecified atom stereocenters. The topological polar surface area (TPSA) is 43.1 Å². The summed E-state index contributed by atoms with van der Waals surface area (Å²) in [5.74, 6) is -0.405. The molecule has 0 saturated heterocycles. The first-order valence-corrected chi connectivity index (χ1v) is 4.62. The average molecular weight is 189 g/mol. The highest BCUT2D eigenvalue weighted by atomic mass is 16.1. The van der Waals surface area contributed by atoms with Crippen molar-refractivity contribution >= 4 is 5.91 Å². The van der Waals surface area contributed by atoms with E-state index in [1.165, 1.54) is 11.1 Å². The molecule has 0 heterocycles. The molecule has 0 aliphatic rings. The van der Waals surface area contributed by atoms with E-state index in [0.29, 0.717) is 12.0 Å². The number of benzene rings is 1. The molecule has 0 aliphatic carbocycles. The third-order valence-electron chi connectivity index (χ3n) is 2.18. The monoisotopic (exact) mass is 189 g/mol. The van der Waals surface area contributed by atoms with Gasteiger partial charge in [-0.3, -0.25) is 4.79 Å². The largest absolute Gasteiger partial charge is 0.366 e. The van der Waals surface area contributed by atoms with Gasteiger partial charge < -0.3 is 5.73 Å².